The Morgan fingerprint density at radius 3 is 2.44 bits per heavy atom. The van der Waals surface area contributed by atoms with Gasteiger partial charge in [-0.05, 0) is 32.2 Å². The van der Waals surface area contributed by atoms with Crippen molar-refractivity contribution in [1.29, 1.82) is 0 Å². The monoisotopic (exact) mass is 256 g/mol. The summed E-state index contributed by atoms with van der Waals surface area (Å²) in [5.74, 6) is 0. The lowest BCUT2D eigenvalue weighted by atomic mass is 9.82. The molecule has 0 saturated carbocycles. The third kappa shape index (κ3) is 6.17. The Morgan fingerprint density at radius 1 is 1.22 bits per heavy atom. The van der Waals surface area contributed by atoms with E-state index in [2.05, 4.69) is 51.8 Å². The molecule has 1 fully saturated rings. The van der Waals surface area contributed by atoms with E-state index in [1.54, 1.807) is 0 Å². The van der Waals surface area contributed by atoms with E-state index >= 15 is 0 Å². The van der Waals surface area contributed by atoms with Crippen molar-refractivity contribution >= 4 is 0 Å². The molecule has 0 aromatic carbocycles. The molecule has 3 heteroatoms. The topological polar surface area (TPSA) is 24.5 Å². The van der Waals surface area contributed by atoms with Crippen LogP contribution in [0.25, 0.3) is 0 Å². The van der Waals surface area contributed by atoms with E-state index in [-0.39, 0.29) is 5.54 Å². The molecular weight excluding hydrogens is 224 g/mol. The summed E-state index contributed by atoms with van der Waals surface area (Å²) in [5, 5.41) is 3.68. The van der Waals surface area contributed by atoms with Gasteiger partial charge in [0, 0.05) is 25.2 Å². The third-order valence-electron chi connectivity index (χ3n) is 3.45. The van der Waals surface area contributed by atoms with E-state index in [1.165, 1.54) is 6.42 Å². The molecule has 3 nitrogen and oxygen atoms in total. The van der Waals surface area contributed by atoms with Gasteiger partial charge in [0.15, 0.2) is 0 Å². The average molecular weight is 256 g/mol. The van der Waals surface area contributed by atoms with Gasteiger partial charge in [-0.3, -0.25) is 4.90 Å². The van der Waals surface area contributed by atoms with Crippen LogP contribution in [0.4, 0.5) is 0 Å². The van der Waals surface area contributed by atoms with E-state index < -0.39 is 0 Å². The molecule has 0 amide bonds. The van der Waals surface area contributed by atoms with Crippen molar-refractivity contribution in [1.82, 2.24) is 10.2 Å². The maximum atomic E-state index is 5.83. The van der Waals surface area contributed by atoms with E-state index in [4.69, 9.17) is 4.74 Å². The molecule has 0 aromatic rings. The first kappa shape index (κ1) is 15.9. The quantitative estimate of drug-likeness (QED) is 0.818. The van der Waals surface area contributed by atoms with Crippen molar-refractivity contribution in [2.24, 2.45) is 5.41 Å². The summed E-state index contributed by atoms with van der Waals surface area (Å²) in [4.78, 5) is 2.46. The molecule has 1 N–H and O–H groups in total. The van der Waals surface area contributed by atoms with Crippen molar-refractivity contribution in [3.63, 3.8) is 0 Å². The van der Waals surface area contributed by atoms with Crippen LogP contribution in [0.1, 0.15) is 48.0 Å². The van der Waals surface area contributed by atoms with Crippen LogP contribution in [-0.2, 0) is 4.74 Å². The molecule has 18 heavy (non-hydrogen) atoms. The summed E-state index contributed by atoms with van der Waals surface area (Å²) in [7, 11) is 0. The minimum Gasteiger partial charge on any atom is -0.374 e. The molecule has 108 valence electrons. The Hall–Kier alpha value is -0.120. The second-order valence-electron chi connectivity index (χ2n) is 7.39. The molecule has 1 aliphatic heterocycles. The maximum absolute atomic E-state index is 5.83. The second kappa shape index (κ2) is 6.36. The van der Waals surface area contributed by atoms with Crippen molar-refractivity contribution in [2.75, 3.05) is 32.8 Å². The summed E-state index contributed by atoms with van der Waals surface area (Å²) < 4.78 is 5.83. The maximum Gasteiger partial charge on any atom is 0.0826 e. The van der Waals surface area contributed by atoms with Crippen LogP contribution in [0.3, 0.4) is 0 Å². The van der Waals surface area contributed by atoms with Crippen LogP contribution in [0.5, 0.6) is 0 Å². The first-order valence-corrected chi connectivity index (χ1v) is 7.31. The van der Waals surface area contributed by atoms with Crippen molar-refractivity contribution in [3.05, 3.63) is 0 Å². The first-order chi connectivity index (χ1) is 8.22. The van der Waals surface area contributed by atoms with Gasteiger partial charge in [0.2, 0.25) is 0 Å². The zero-order valence-corrected chi connectivity index (χ0v) is 13.2. The van der Waals surface area contributed by atoms with Gasteiger partial charge in [0.05, 0.1) is 12.7 Å². The fourth-order valence-corrected chi connectivity index (χ4v) is 2.97. The van der Waals surface area contributed by atoms with Gasteiger partial charge >= 0.3 is 0 Å². The highest BCUT2D eigenvalue weighted by Gasteiger charge is 2.27. The number of nitrogens with zero attached hydrogens (tertiary/aromatic N) is 1. The summed E-state index contributed by atoms with van der Waals surface area (Å²) >= 11 is 0. The average Bonchev–Trinajstić information content (AvgIpc) is 2.24. The highest BCUT2D eigenvalue weighted by atomic mass is 16.5. The number of hydrogen-bond acceptors (Lipinski definition) is 3. The van der Waals surface area contributed by atoms with Crippen molar-refractivity contribution < 1.29 is 4.74 Å². The molecule has 0 spiro atoms. The predicted octanol–water partition coefficient (Wildman–Crippen LogP) is 2.51. The van der Waals surface area contributed by atoms with Gasteiger partial charge in [0.1, 0.15) is 0 Å². The molecular formula is C15H32N2O. The molecule has 0 bridgehead atoms. The van der Waals surface area contributed by atoms with Crippen LogP contribution in [0.15, 0.2) is 0 Å². The molecule has 0 aliphatic carbocycles. The van der Waals surface area contributed by atoms with Gasteiger partial charge < -0.3 is 10.1 Å². The zero-order valence-electron chi connectivity index (χ0n) is 13.2. The van der Waals surface area contributed by atoms with Gasteiger partial charge in [0.25, 0.3) is 0 Å². The van der Waals surface area contributed by atoms with Crippen molar-refractivity contribution in [2.45, 2.75) is 59.6 Å². The molecule has 1 unspecified atom stereocenters. The highest BCUT2D eigenvalue weighted by molar-refractivity contribution is 4.85. The minimum absolute atomic E-state index is 0.177. The fraction of sp³-hybridized carbons (Fsp3) is 1.00. The SMILES string of the molecule is CCN1CCOC(CNC(C)(C)CC(C)(C)C)C1. The van der Waals surface area contributed by atoms with Gasteiger partial charge in [-0.2, -0.15) is 0 Å². The predicted molar refractivity (Wildman–Crippen MR) is 78.0 cm³/mol. The Balaban J connectivity index is 2.35. The van der Waals surface area contributed by atoms with E-state index in [0.717, 1.165) is 32.8 Å². The van der Waals surface area contributed by atoms with Crippen molar-refractivity contribution in [3.8, 4) is 0 Å². The van der Waals surface area contributed by atoms with Crippen LogP contribution in [-0.4, -0.2) is 49.3 Å². The number of hydrogen-bond donors (Lipinski definition) is 1. The molecule has 0 aromatic heterocycles. The number of nitrogens with one attached hydrogen (secondary N) is 1. The van der Waals surface area contributed by atoms with E-state index in [1.807, 2.05) is 0 Å². The first-order valence-electron chi connectivity index (χ1n) is 7.31. The zero-order chi connectivity index (χ0) is 13.8. The third-order valence-corrected chi connectivity index (χ3v) is 3.45. The molecule has 1 atom stereocenters. The van der Waals surface area contributed by atoms with Crippen LogP contribution >= 0.6 is 0 Å². The standard InChI is InChI=1S/C15H32N2O/c1-7-17-8-9-18-13(11-17)10-16-15(5,6)12-14(2,3)4/h13,16H,7-12H2,1-6H3. The number of morpholine rings is 1. The second-order valence-corrected chi connectivity index (χ2v) is 7.39. The molecule has 1 heterocycles. The largest absolute Gasteiger partial charge is 0.374 e. The summed E-state index contributed by atoms with van der Waals surface area (Å²) in [6.07, 6.45) is 1.52. The number of rotatable bonds is 5. The van der Waals surface area contributed by atoms with Gasteiger partial charge in [-0.15, -0.1) is 0 Å². The van der Waals surface area contributed by atoms with Crippen LogP contribution in [0, 0.1) is 5.41 Å². The molecule has 0 radical (unpaired) electrons. The fourth-order valence-electron chi connectivity index (χ4n) is 2.97. The van der Waals surface area contributed by atoms with Crippen LogP contribution in [0.2, 0.25) is 0 Å². The lowest BCUT2D eigenvalue weighted by Gasteiger charge is -2.37. The smallest absolute Gasteiger partial charge is 0.0826 e. The molecule has 1 aliphatic rings. The summed E-state index contributed by atoms with van der Waals surface area (Å²) in [6, 6.07) is 0. The normalized spacial score (nSPS) is 23.3. The summed E-state index contributed by atoms with van der Waals surface area (Å²) in [6.45, 7) is 18.8. The Bertz CT molecular complexity index is 245. The number of likely N-dealkylation sites (N-methyl/N-ethyl adjacent to an activating group) is 1. The van der Waals surface area contributed by atoms with E-state index in [0.29, 0.717) is 11.5 Å². The van der Waals surface area contributed by atoms with Gasteiger partial charge in [-0.25, -0.2) is 0 Å². The lowest BCUT2D eigenvalue weighted by molar-refractivity contribution is -0.0287. The van der Waals surface area contributed by atoms with Gasteiger partial charge in [-0.1, -0.05) is 27.7 Å². The highest BCUT2D eigenvalue weighted by Crippen LogP contribution is 2.26. The lowest BCUT2D eigenvalue weighted by Crippen LogP contribution is -2.51. The minimum atomic E-state index is 0.177. The molecule has 1 saturated heterocycles. The van der Waals surface area contributed by atoms with Crippen LogP contribution < -0.4 is 5.32 Å². The van der Waals surface area contributed by atoms with E-state index in [9.17, 15) is 0 Å². The Labute approximate surface area is 113 Å². The Morgan fingerprint density at radius 2 is 1.89 bits per heavy atom. The Kier molecular flexibility index (Phi) is 5.63. The summed E-state index contributed by atoms with van der Waals surface area (Å²) in [5.41, 5.74) is 0.537. The molecule has 1 rings (SSSR count). The number of ether oxygens (including phenoxy) is 1.